The number of alkyl halides is 1. The van der Waals surface area contributed by atoms with Gasteiger partial charge in [0, 0.05) is 44.3 Å². The second-order valence-electron chi connectivity index (χ2n) is 5.55. The van der Waals surface area contributed by atoms with Crippen LogP contribution < -0.4 is 4.90 Å². The molecule has 0 aliphatic carbocycles. The van der Waals surface area contributed by atoms with Crippen molar-refractivity contribution in [3.8, 4) is 0 Å². The number of nitrogens with zero attached hydrogens (tertiary/aromatic N) is 2. The third-order valence-electron chi connectivity index (χ3n) is 4.08. The predicted octanol–water partition coefficient (Wildman–Crippen LogP) is 3.75. The summed E-state index contributed by atoms with van der Waals surface area (Å²) in [6, 6.07) is 19.3. The monoisotopic (exact) mass is 300 g/mol. The molecule has 0 unspecified atom stereocenters. The zero-order valence-electron chi connectivity index (χ0n) is 12.2. The molecular weight excluding hydrogens is 280 g/mol. The van der Waals surface area contributed by atoms with Gasteiger partial charge in [0.15, 0.2) is 0 Å². The summed E-state index contributed by atoms with van der Waals surface area (Å²) < 4.78 is 0. The van der Waals surface area contributed by atoms with Gasteiger partial charge in [-0.2, -0.15) is 0 Å². The van der Waals surface area contributed by atoms with Crippen molar-refractivity contribution in [3.05, 3.63) is 65.7 Å². The van der Waals surface area contributed by atoms with E-state index in [1.54, 1.807) is 0 Å². The van der Waals surface area contributed by atoms with Crippen LogP contribution in [0.15, 0.2) is 54.6 Å². The zero-order chi connectivity index (χ0) is 14.5. The largest absolute Gasteiger partial charge is 0.369 e. The Morgan fingerprint density at radius 2 is 1.38 bits per heavy atom. The Kier molecular flexibility index (Phi) is 4.79. The molecule has 3 heteroatoms. The minimum Gasteiger partial charge on any atom is -0.369 e. The van der Waals surface area contributed by atoms with E-state index in [0.29, 0.717) is 5.88 Å². The fraction of sp³-hybridized carbons (Fsp3) is 0.333. The summed E-state index contributed by atoms with van der Waals surface area (Å²) in [5.41, 5.74) is 3.90. The van der Waals surface area contributed by atoms with Gasteiger partial charge in [-0.25, -0.2) is 0 Å². The van der Waals surface area contributed by atoms with Crippen LogP contribution in [0.25, 0.3) is 0 Å². The minimum absolute atomic E-state index is 0.593. The third-order valence-corrected chi connectivity index (χ3v) is 4.39. The molecule has 1 saturated heterocycles. The van der Waals surface area contributed by atoms with Crippen LogP contribution in [-0.2, 0) is 12.4 Å². The first-order valence-corrected chi connectivity index (χ1v) is 8.05. The zero-order valence-corrected chi connectivity index (χ0v) is 13.0. The molecule has 1 fully saturated rings. The average molecular weight is 301 g/mol. The maximum absolute atomic E-state index is 5.83. The topological polar surface area (TPSA) is 6.48 Å². The Labute approximate surface area is 131 Å². The number of halogens is 1. The fourth-order valence-corrected chi connectivity index (χ4v) is 2.97. The summed E-state index contributed by atoms with van der Waals surface area (Å²) in [7, 11) is 0. The van der Waals surface area contributed by atoms with E-state index in [1.807, 2.05) is 0 Å². The van der Waals surface area contributed by atoms with Gasteiger partial charge in [-0.1, -0.05) is 42.5 Å². The van der Waals surface area contributed by atoms with Crippen molar-refractivity contribution in [2.75, 3.05) is 31.1 Å². The lowest BCUT2D eigenvalue weighted by Gasteiger charge is -2.36. The Morgan fingerprint density at radius 1 is 0.762 bits per heavy atom. The summed E-state index contributed by atoms with van der Waals surface area (Å²) in [5.74, 6) is 0.593. The molecule has 2 nitrogen and oxygen atoms in total. The van der Waals surface area contributed by atoms with E-state index in [0.717, 1.165) is 32.7 Å². The number of hydrogen-bond acceptors (Lipinski definition) is 2. The van der Waals surface area contributed by atoms with Crippen molar-refractivity contribution in [2.45, 2.75) is 12.4 Å². The normalized spacial score (nSPS) is 16.1. The maximum Gasteiger partial charge on any atom is 0.0474 e. The highest BCUT2D eigenvalue weighted by molar-refractivity contribution is 6.17. The lowest BCUT2D eigenvalue weighted by Crippen LogP contribution is -2.45. The number of benzene rings is 2. The molecule has 0 radical (unpaired) electrons. The summed E-state index contributed by atoms with van der Waals surface area (Å²) in [6.07, 6.45) is 0. The van der Waals surface area contributed by atoms with Gasteiger partial charge in [0.05, 0.1) is 0 Å². The van der Waals surface area contributed by atoms with Gasteiger partial charge < -0.3 is 4.90 Å². The Balaban J connectivity index is 1.53. The number of piperazine rings is 1. The molecule has 21 heavy (non-hydrogen) atoms. The molecule has 110 valence electrons. The van der Waals surface area contributed by atoms with Gasteiger partial charge in [0.2, 0.25) is 0 Å². The van der Waals surface area contributed by atoms with Crippen molar-refractivity contribution in [1.29, 1.82) is 0 Å². The van der Waals surface area contributed by atoms with E-state index in [4.69, 9.17) is 11.6 Å². The van der Waals surface area contributed by atoms with Gasteiger partial charge in [-0.3, -0.25) is 4.90 Å². The molecule has 2 aromatic carbocycles. The molecule has 1 aliphatic heterocycles. The highest BCUT2D eigenvalue weighted by Crippen LogP contribution is 2.17. The standard InChI is InChI=1S/C18H21ClN2/c19-14-16-6-8-17(9-7-16)15-20-10-12-21(13-11-20)18-4-2-1-3-5-18/h1-9H,10-15H2. The quantitative estimate of drug-likeness (QED) is 0.794. The van der Waals surface area contributed by atoms with Crippen LogP contribution >= 0.6 is 11.6 Å². The number of hydrogen-bond donors (Lipinski definition) is 0. The Bertz CT molecular complexity index is 545. The van der Waals surface area contributed by atoms with Crippen molar-refractivity contribution in [2.24, 2.45) is 0 Å². The lowest BCUT2D eigenvalue weighted by atomic mass is 10.1. The van der Waals surface area contributed by atoms with Crippen molar-refractivity contribution < 1.29 is 0 Å². The molecule has 1 aliphatic rings. The minimum atomic E-state index is 0.593. The first-order valence-electron chi connectivity index (χ1n) is 7.51. The van der Waals surface area contributed by atoms with Crippen LogP contribution in [0.1, 0.15) is 11.1 Å². The van der Waals surface area contributed by atoms with Crippen LogP contribution in [0.5, 0.6) is 0 Å². The lowest BCUT2D eigenvalue weighted by molar-refractivity contribution is 0.250. The van der Waals surface area contributed by atoms with Crippen molar-refractivity contribution >= 4 is 17.3 Å². The molecule has 3 rings (SSSR count). The number of para-hydroxylation sites is 1. The van der Waals surface area contributed by atoms with Crippen LogP contribution in [0, 0.1) is 0 Å². The molecule has 0 atom stereocenters. The summed E-state index contributed by atoms with van der Waals surface area (Å²) in [4.78, 5) is 4.99. The highest BCUT2D eigenvalue weighted by Gasteiger charge is 2.16. The van der Waals surface area contributed by atoms with Crippen molar-refractivity contribution in [1.82, 2.24) is 4.90 Å². The van der Waals surface area contributed by atoms with E-state index in [9.17, 15) is 0 Å². The van der Waals surface area contributed by atoms with E-state index < -0.39 is 0 Å². The first kappa shape index (κ1) is 14.4. The summed E-state index contributed by atoms with van der Waals surface area (Å²) >= 11 is 5.83. The van der Waals surface area contributed by atoms with Gasteiger partial charge >= 0.3 is 0 Å². The molecule has 0 amide bonds. The second kappa shape index (κ2) is 6.97. The van der Waals surface area contributed by atoms with Crippen LogP contribution in [0.3, 0.4) is 0 Å². The fourth-order valence-electron chi connectivity index (χ4n) is 2.79. The molecule has 0 N–H and O–H groups in total. The average Bonchev–Trinajstić information content (AvgIpc) is 2.57. The smallest absolute Gasteiger partial charge is 0.0474 e. The van der Waals surface area contributed by atoms with Gasteiger partial charge in [0.25, 0.3) is 0 Å². The SMILES string of the molecule is ClCc1ccc(CN2CCN(c3ccccc3)CC2)cc1. The highest BCUT2D eigenvalue weighted by atomic mass is 35.5. The Hall–Kier alpha value is -1.51. The summed E-state index contributed by atoms with van der Waals surface area (Å²) in [5, 5.41) is 0. The van der Waals surface area contributed by atoms with Crippen LogP contribution in [0.4, 0.5) is 5.69 Å². The number of rotatable bonds is 4. The molecule has 0 spiro atoms. The summed E-state index contributed by atoms with van der Waals surface area (Å²) in [6.45, 7) is 5.47. The van der Waals surface area contributed by atoms with Crippen molar-refractivity contribution in [3.63, 3.8) is 0 Å². The third kappa shape index (κ3) is 3.78. The van der Waals surface area contributed by atoms with Gasteiger partial charge in [-0.15, -0.1) is 11.6 Å². The van der Waals surface area contributed by atoms with E-state index in [2.05, 4.69) is 64.4 Å². The van der Waals surface area contributed by atoms with Crippen LogP contribution in [0.2, 0.25) is 0 Å². The van der Waals surface area contributed by atoms with E-state index in [1.165, 1.54) is 16.8 Å². The van der Waals surface area contributed by atoms with Crippen LogP contribution in [-0.4, -0.2) is 31.1 Å². The molecule has 0 saturated carbocycles. The van der Waals surface area contributed by atoms with Gasteiger partial charge in [-0.05, 0) is 23.3 Å². The molecule has 0 bridgehead atoms. The molecule has 2 aromatic rings. The Morgan fingerprint density at radius 3 is 2.00 bits per heavy atom. The predicted molar refractivity (Wildman–Crippen MR) is 89.9 cm³/mol. The molecule has 0 aromatic heterocycles. The van der Waals surface area contributed by atoms with E-state index in [-0.39, 0.29) is 0 Å². The first-order chi connectivity index (χ1) is 10.3. The second-order valence-corrected chi connectivity index (χ2v) is 5.82. The number of anilines is 1. The van der Waals surface area contributed by atoms with Gasteiger partial charge in [0.1, 0.15) is 0 Å². The molecular formula is C18H21ClN2. The maximum atomic E-state index is 5.83. The van der Waals surface area contributed by atoms with E-state index >= 15 is 0 Å². The molecule has 1 heterocycles.